The third-order valence-electron chi connectivity index (χ3n) is 6.69. The molecule has 4 heterocycles. The zero-order chi connectivity index (χ0) is 15.5. The summed E-state index contributed by atoms with van der Waals surface area (Å²) in [6.45, 7) is 10.5. The van der Waals surface area contributed by atoms with Gasteiger partial charge in [0.15, 0.2) is 11.9 Å². The second-order valence-corrected chi connectivity index (χ2v) is 7.97. The Morgan fingerprint density at radius 3 is 2.73 bits per heavy atom. The van der Waals surface area contributed by atoms with Gasteiger partial charge in [0.05, 0.1) is 6.10 Å². The number of hydrogen-bond donors (Lipinski definition) is 0. The average Bonchev–Trinajstić information content (AvgIpc) is 2.71. The molecule has 0 N–H and O–H groups in total. The molecule has 4 saturated heterocycles. The summed E-state index contributed by atoms with van der Waals surface area (Å²) in [7, 11) is 0. The van der Waals surface area contributed by atoms with Crippen LogP contribution >= 0.6 is 0 Å². The zero-order valence-corrected chi connectivity index (χ0v) is 13.9. The largest absolute Gasteiger partial charge is 0.346 e. The van der Waals surface area contributed by atoms with Gasteiger partial charge in [0.1, 0.15) is 0 Å². The first-order valence-corrected chi connectivity index (χ1v) is 8.81. The van der Waals surface area contributed by atoms with Gasteiger partial charge in [-0.15, -0.1) is 6.58 Å². The van der Waals surface area contributed by atoms with Crippen molar-refractivity contribution in [3.05, 3.63) is 12.7 Å². The van der Waals surface area contributed by atoms with Crippen LogP contribution in [-0.4, -0.2) is 23.8 Å². The topological polar surface area (TPSA) is 36.9 Å². The van der Waals surface area contributed by atoms with Crippen molar-refractivity contribution in [3.8, 4) is 0 Å². The van der Waals surface area contributed by atoms with E-state index in [0.717, 1.165) is 25.7 Å². The van der Waals surface area contributed by atoms with Crippen LogP contribution in [0.15, 0.2) is 12.7 Å². The Kier molecular flexibility index (Phi) is 3.46. The Hall–Kier alpha value is -0.420. The van der Waals surface area contributed by atoms with Gasteiger partial charge in [-0.3, -0.25) is 0 Å². The van der Waals surface area contributed by atoms with Crippen molar-refractivity contribution < 1.29 is 19.2 Å². The van der Waals surface area contributed by atoms with E-state index in [-0.39, 0.29) is 12.4 Å². The molecular formula is C18H28O4. The second kappa shape index (κ2) is 5.04. The van der Waals surface area contributed by atoms with Gasteiger partial charge in [0.2, 0.25) is 5.79 Å². The van der Waals surface area contributed by atoms with Crippen LogP contribution in [0.25, 0.3) is 0 Å². The third kappa shape index (κ3) is 1.90. The molecule has 1 spiro atoms. The van der Waals surface area contributed by atoms with Gasteiger partial charge in [-0.05, 0) is 50.4 Å². The average molecular weight is 308 g/mol. The van der Waals surface area contributed by atoms with Crippen molar-refractivity contribution in [2.75, 3.05) is 0 Å². The summed E-state index contributed by atoms with van der Waals surface area (Å²) < 4.78 is 12.7. The molecule has 0 amide bonds. The van der Waals surface area contributed by atoms with Crippen molar-refractivity contribution in [2.24, 2.45) is 23.7 Å². The standard InChI is InChI=1S/C18H28O4/c1-5-6-15-12(3)14-8-7-11(2)13-9-10-17(4)20-16(19-15)18(13,14)22-21-17/h5,11-16H,1,6-10H2,2-4H3/t11-,12-,13+,14+,15?,16-,17-,18-/m1/s1. The van der Waals surface area contributed by atoms with E-state index in [1.807, 2.05) is 13.0 Å². The highest BCUT2D eigenvalue weighted by Gasteiger charge is 2.69. The van der Waals surface area contributed by atoms with Crippen LogP contribution in [-0.2, 0) is 19.2 Å². The van der Waals surface area contributed by atoms with Crippen molar-refractivity contribution >= 4 is 0 Å². The monoisotopic (exact) mass is 308 g/mol. The molecule has 5 rings (SSSR count). The SMILES string of the molecule is C=CCC1O[C@@H]2O[C@@]3(C)CC[C@H]4[C@H](C)CC[C@@H]([C@H]1C)[C@@]24OO3. The van der Waals surface area contributed by atoms with Crippen LogP contribution in [0.2, 0.25) is 0 Å². The molecule has 1 saturated carbocycles. The molecule has 4 nitrogen and oxygen atoms in total. The lowest BCUT2D eigenvalue weighted by molar-refractivity contribution is -0.571. The molecule has 0 aromatic carbocycles. The van der Waals surface area contributed by atoms with Crippen molar-refractivity contribution in [1.29, 1.82) is 0 Å². The van der Waals surface area contributed by atoms with Gasteiger partial charge in [-0.2, -0.15) is 0 Å². The molecular weight excluding hydrogens is 280 g/mol. The number of hydrogen-bond acceptors (Lipinski definition) is 4. The molecule has 0 aromatic rings. The summed E-state index contributed by atoms with van der Waals surface area (Å²) in [5.41, 5.74) is -0.426. The van der Waals surface area contributed by atoms with E-state index in [9.17, 15) is 0 Å². The van der Waals surface area contributed by atoms with Gasteiger partial charge in [0, 0.05) is 12.3 Å². The first kappa shape index (κ1) is 15.1. The molecule has 4 aliphatic heterocycles. The summed E-state index contributed by atoms with van der Waals surface area (Å²) in [5.74, 6) is 1.27. The molecule has 8 atom stereocenters. The lowest BCUT2D eigenvalue weighted by Crippen LogP contribution is -2.70. The van der Waals surface area contributed by atoms with E-state index in [1.165, 1.54) is 6.42 Å². The molecule has 22 heavy (non-hydrogen) atoms. The maximum Gasteiger partial charge on any atom is 0.201 e. The Labute approximate surface area is 133 Å². The van der Waals surface area contributed by atoms with Gasteiger partial charge >= 0.3 is 0 Å². The normalized spacial score (nSPS) is 57.0. The summed E-state index contributed by atoms with van der Waals surface area (Å²) in [6, 6.07) is 0. The molecule has 2 bridgehead atoms. The van der Waals surface area contributed by atoms with Crippen LogP contribution < -0.4 is 0 Å². The molecule has 4 heteroatoms. The maximum atomic E-state index is 6.40. The van der Waals surface area contributed by atoms with Gasteiger partial charge < -0.3 is 9.47 Å². The predicted octanol–water partition coefficient (Wildman–Crippen LogP) is 3.81. The Morgan fingerprint density at radius 1 is 1.14 bits per heavy atom. The summed E-state index contributed by atoms with van der Waals surface area (Å²) in [6.07, 6.45) is 7.06. The van der Waals surface area contributed by atoms with E-state index in [1.54, 1.807) is 0 Å². The fourth-order valence-electron chi connectivity index (χ4n) is 5.41. The van der Waals surface area contributed by atoms with E-state index in [2.05, 4.69) is 20.4 Å². The van der Waals surface area contributed by atoms with E-state index >= 15 is 0 Å². The Bertz CT molecular complexity index is 466. The molecule has 5 aliphatic rings. The highest BCUT2D eigenvalue weighted by molar-refractivity contribution is 5.10. The molecule has 1 unspecified atom stereocenters. The highest BCUT2D eigenvalue weighted by Crippen LogP contribution is 2.60. The molecule has 124 valence electrons. The highest BCUT2D eigenvalue weighted by atomic mass is 17.3. The summed E-state index contributed by atoms with van der Waals surface area (Å²) in [4.78, 5) is 11.9. The number of rotatable bonds is 2. The Morgan fingerprint density at radius 2 is 1.95 bits per heavy atom. The van der Waals surface area contributed by atoms with Crippen LogP contribution in [0.4, 0.5) is 0 Å². The van der Waals surface area contributed by atoms with Crippen LogP contribution in [0.1, 0.15) is 52.9 Å². The number of ether oxygens (including phenoxy) is 2. The van der Waals surface area contributed by atoms with Crippen LogP contribution in [0, 0.1) is 23.7 Å². The van der Waals surface area contributed by atoms with Crippen molar-refractivity contribution in [1.82, 2.24) is 0 Å². The maximum absolute atomic E-state index is 6.40. The minimum absolute atomic E-state index is 0.165. The Balaban J connectivity index is 1.77. The lowest BCUT2D eigenvalue weighted by atomic mass is 9.57. The minimum atomic E-state index is -0.670. The summed E-state index contributed by atoms with van der Waals surface area (Å²) in [5, 5.41) is 0. The quantitative estimate of drug-likeness (QED) is 0.574. The van der Waals surface area contributed by atoms with E-state index in [4.69, 9.17) is 19.2 Å². The predicted molar refractivity (Wildman–Crippen MR) is 81.6 cm³/mol. The summed E-state index contributed by atoms with van der Waals surface area (Å²) >= 11 is 0. The first-order valence-electron chi connectivity index (χ1n) is 8.81. The number of fused-ring (bicyclic) bond motifs is 2. The molecule has 0 radical (unpaired) electrons. The molecule has 0 aromatic heterocycles. The lowest BCUT2D eigenvalue weighted by Gasteiger charge is -2.60. The van der Waals surface area contributed by atoms with E-state index < -0.39 is 11.4 Å². The van der Waals surface area contributed by atoms with Gasteiger partial charge in [-0.25, -0.2) is 9.78 Å². The first-order chi connectivity index (χ1) is 10.5. The molecule has 1 aliphatic carbocycles. The second-order valence-electron chi connectivity index (χ2n) is 7.97. The van der Waals surface area contributed by atoms with Gasteiger partial charge in [0.25, 0.3) is 0 Å². The zero-order valence-electron chi connectivity index (χ0n) is 13.9. The fourth-order valence-corrected chi connectivity index (χ4v) is 5.41. The van der Waals surface area contributed by atoms with Gasteiger partial charge in [-0.1, -0.05) is 19.9 Å². The van der Waals surface area contributed by atoms with Crippen molar-refractivity contribution in [2.45, 2.75) is 76.7 Å². The van der Waals surface area contributed by atoms with Crippen LogP contribution in [0.5, 0.6) is 0 Å². The van der Waals surface area contributed by atoms with Crippen molar-refractivity contribution in [3.63, 3.8) is 0 Å². The van der Waals surface area contributed by atoms with Crippen LogP contribution in [0.3, 0.4) is 0 Å². The minimum Gasteiger partial charge on any atom is -0.346 e. The van der Waals surface area contributed by atoms with E-state index in [0.29, 0.717) is 23.7 Å². The smallest absolute Gasteiger partial charge is 0.201 e. The third-order valence-corrected chi connectivity index (χ3v) is 6.69. The fraction of sp³-hybridized carbons (Fsp3) is 0.889. The molecule has 5 fully saturated rings.